The van der Waals surface area contributed by atoms with Crippen molar-refractivity contribution in [1.29, 1.82) is 0 Å². The van der Waals surface area contributed by atoms with E-state index in [4.69, 9.17) is 0 Å². The summed E-state index contributed by atoms with van der Waals surface area (Å²) in [5.74, 6) is -0.792. The molecule has 2 aromatic rings. The molecule has 0 aliphatic carbocycles. The summed E-state index contributed by atoms with van der Waals surface area (Å²) in [6.07, 6.45) is 2.24. The first kappa shape index (κ1) is 18.2. The minimum atomic E-state index is -1.60. The molecule has 0 fully saturated rings. The summed E-state index contributed by atoms with van der Waals surface area (Å²) in [6.45, 7) is 4.12. The fourth-order valence-electron chi connectivity index (χ4n) is 2.67. The molecule has 24 heavy (non-hydrogen) atoms. The van der Waals surface area contributed by atoms with Gasteiger partial charge in [0.2, 0.25) is 5.91 Å². The lowest BCUT2D eigenvalue weighted by atomic mass is 9.75. The number of nitrogens with zero attached hydrogens (tertiary/aromatic N) is 1. The van der Waals surface area contributed by atoms with Crippen LogP contribution in [0.5, 0.6) is 0 Å². The molecule has 0 saturated carbocycles. The average Bonchev–Trinajstić information content (AvgIpc) is 2.53. The van der Waals surface area contributed by atoms with Crippen LogP contribution in [0.4, 0.5) is 0 Å². The van der Waals surface area contributed by atoms with Crippen molar-refractivity contribution in [3.63, 3.8) is 0 Å². The van der Waals surface area contributed by atoms with Crippen LogP contribution in [0.25, 0.3) is 10.8 Å². The van der Waals surface area contributed by atoms with Gasteiger partial charge in [-0.05, 0) is 29.9 Å². The van der Waals surface area contributed by atoms with Crippen molar-refractivity contribution < 1.29 is 14.8 Å². The van der Waals surface area contributed by atoms with Crippen molar-refractivity contribution in [2.24, 2.45) is 5.92 Å². The van der Waals surface area contributed by atoms with Gasteiger partial charge in [-0.3, -0.25) is 9.59 Å². The molecule has 0 aliphatic heterocycles. The molecule has 0 aliphatic rings. The fourth-order valence-corrected chi connectivity index (χ4v) is 2.67. The van der Waals surface area contributed by atoms with Crippen LogP contribution in [0.3, 0.4) is 0 Å². The Morgan fingerprint density at radius 3 is 2.62 bits per heavy atom. The lowest BCUT2D eigenvalue weighted by Gasteiger charge is -2.19. The van der Waals surface area contributed by atoms with Crippen LogP contribution >= 0.6 is 0 Å². The molecule has 0 spiro atoms. The highest BCUT2D eigenvalue weighted by Crippen LogP contribution is 2.09. The summed E-state index contributed by atoms with van der Waals surface area (Å²) >= 11 is 0. The first-order chi connectivity index (χ1) is 11.4. The molecule has 0 bridgehead atoms. The van der Waals surface area contributed by atoms with Crippen molar-refractivity contribution >= 4 is 23.8 Å². The largest absolute Gasteiger partial charge is 0.475 e. The molecule has 128 valence electrons. The van der Waals surface area contributed by atoms with E-state index >= 15 is 0 Å². The van der Waals surface area contributed by atoms with E-state index in [9.17, 15) is 19.6 Å². The van der Waals surface area contributed by atoms with Crippen molar-refractivity contribution in [2.75, 3.05) is 0 Å². The Hall–Kier alpha value is -2.12. The van der Waals surface area contributed by atoms with Gasteiger partial charge < -0.3 is 19.9 Å². The van der Waals surface area contributed by atoms with Crippen LogP contribution in [0, 0.1) is 5.92 Å². The van der Waals surface area contributed by atoms with E-state index in [1.54, 1.807) is 18.3 Å². The number of carbonyl (C=O) groups is 1. The van der Waals surface area contributed by atoms with E-state index in [0.29, 0.717) is 11.8 Å². The molecule has 2 rings (SSSR count). The quantitative estimate of drug-likeness (QED) is 0.659. The van der Waals surface area contributed by atoms with Crippen LogP contribution in [-0.2, 0) is 11.3 Å². The number of aryl methyl sites for hydroxylation is 1. The normalized spacial score (nSPS) is 12.4. The van der Waals surface area contributed by atoms with Crippen molar-refractivity contribution in [1.82, 2.24) is 9.88 Å². The van der Waals surface area contributed by atoms with Crippen LogP contribution in [0.1, 0.15) is 26.7 Å². The molecule has 1 heterocycles. The predicted molar refractivity (Wildman–Crippen MR) is 94.4 cm³/mol. The first-order valence-corrected chi connectivity index (χ1v) is 8.12. The Kier molecular flexibility index (Phi) is 6.17. The SMILES string of the molecule is CC(C)CC(NC(=O)CCn1ccc2ccccc2c1=O)B(O)O. The average molecular weight is 330 g/mol. The number of amides is 1. The maximum absolute atomic E-state index is 12.4. The highest BCUT2D eigenvalue weighted by Gasteiger charge is 2.25. The minimum absolute atomic E-state index is 0.0968. The summed E-state index contributed by atoms with van der Waals surface area (Å²) in [4.78, 5) is 24.4. The maximum Gasteiger partial charge on any atom is 0.475 e. The Labute approximate surface area is 141 Å². The number of benzene rings is 1. The Morgan fingerprint density at radius 1 is 1.25 bits per heavy atom. The zero-order valence-corrected chi connectivity index (χ0v) is 14.0. The molecule has 1 atom stereocenters. The molecule has 7 heteroatoms. The van der Waals surface area contributed by atoms with E-state index in [2.05, 4.69) is 5.32 Å². The van der Waals surface area contributed by atoms with Gasteiger partial charge in [-0.15, -0.1) is 0 Å². The second-order valence-corrected chi connectivity index (χ2v) is 6.37. The van der Waals surface area contributed by atoms with Gasteiger partial charge in [-0.2, -0.15) is 0 Å². The van der Waals surface area contributed by atoms with Gasteiger partial charge in [-0.25, -0.2) is 0 Å². The highest BCUT2D eigenvalue weighted by atomic mass is 16.4. The van der Waals surface area contributed by atoms with Crippen LogP contribution in [0.15, 0.2) is 41.3 Å². The van der Waals surface area contributed by atoms with Gasteiger partial charge in [0.25, 0.3) is 5.56 Å². The molecule has 1 aromatic carbocycles. The number of fused-ring (bicyclic) bond motifs is 1. The van der Waals surface area contributed by atoms with Gasteiger partial charge in [0.1, 0.15) is 0 Å². The maximum atomic E-state index is 12.4. The molecule has 1 aromatic heterocycles. The standard InChI is InChI=1S/C17H23BN2O4/c1-12(2)11-15(18(23)24)19-16(21)8-10-20-9-7-13-5-3-4-6-14(13)17(20)22/h3-7,9,12,15,23-24H,8,10-11H2,1-2H3,(H,19,21). The zero-order valence-electron chi connectivity index (χ0n) is 14.0. The predicted octanol–water partition coefficient (Wildman–Crippen LogP) is 0.934. The van der Waals surface area contributed by atoms with Crippen molar-refractivity contribution in [2.45, 2.75) is 39.2 Å². The minimum Gasteiger partial charge on any atom is -0.426 e. The monoisotopic (exact) mass is 330 g/mol. The van der Waals surface area contributed by atoms with Crippen LogP contribution in [0.2, 0.25) is 0 Å². The molecule has 3 N–H and O–H groups in total. The second-order valence-electron chi connectivity index (χ2n) is 6.37. The van der Waals surface area contributed by atoms with Gasteiger partial charge in [0.15, 0.2) is 0 Å². The third kappa shape index (κ3) is 4.69. The van der Waals surface area contributed by atoms with Crippen molar-refractivity contribution in [3.05, 3.63) is 46.9 Å². The van der Waals surface area contributed by atoms with Gasteiger partial charge in [0.05, 0.1) is 5.94 Å². The Morgan fingerprint density at radius 2 is 1.96 bits per heavy atom. The van der Waals surface area contributed by atoms with Crippen molar-refractivity contribution in [3.8, 4) is 0 Å². The molecular weight excluding hydrogens is 307 g/mol. The summed E-state index contributed by atoms with van der Waals surface area (Å²) in [6, 6.07) is 9.14. The number of hydrogen-bond acceptors (Lipinski definition) is 4. The smallest absolute Gasteiger partial charge is 0.426 e. The lowest BCUT2D eigenvalue weighted by Crippen LogP contribution is -2.47. The summed E-state index contributed by atoms with van der Waals surface area (Å²) in [5, 5.41) is 22.8. The molecular formula is C17H23BN2O4. The second kappa shape index (κ2) is 8.12. The van der Waals surface area contributed by atoms with E-state index in [0.717, 1.165) is 5.39 Å². The third-order valence-corrected chi connectivity index (χ3v) is 3.90. The number of nitrogens with one attached hydrogen (secondary N) is 1. The third-order valence-electron chi connectivity index (χ3n) is 3.90. The molecule has 1 amide bonds. The number of pyridine rings is 1. The van der Waals surface area contributed by atoms with E-state index in [1.165, 1.54) is 4.57 Å². The Bertz CT molecular complexity index is 758. The van der Waals surface area contributed by atoms with Gasteiger partial charge >= 0.3 is 7.12 Å². The first-order valence-electron chi connectivity index (χ1n) is 8.12. The van der Waals surface area contributed by atoms with E-state index in [-0.39, 0.29) is 30.3 Å². The number of hydrogen-bond donors (Lipinski definition) is 3. The topological polar surface area (TPSA) is 91.6 Å². The van der Waals surface area contributed by atoms with Gasteiger partial charge in [-0.1, -0.05) is 32.0 Å². The highest BCUT2D eigenvalue weighted by molar-refractivity contribution is 6.43. The molecule has 0 radical (unpaired) electrons. The van der Waals surface area contributed by atoms with Crippen LogP contribution in [-0.4, -0.2) is 33.6 Å². The van der Waals surface area contributed by atoms with E-state index < -0.39 is 13.1 Å². The molecule has 6 nitrogen and oxygen atoms in total. The number of rotatable bonds is 7. The van der Waals surface area contributed by atoms with E-state index in [1.807, 2.05) is 32.0 Å². The molecule has 0 saturated heterocycles. The molecule has 1 unspecified atom stereocenters. The summed E-state index contributed by atoms with van der Waals surface area (Å²) in [7, 11) is -1.60. The number of aromatic nitrogens is 1. The van der Waals surface area contributed by atoms with Crippen LogP contribution < -0.4 is 10.9 Å². The fraction of sp³-hybridized carbons (Fsp3) is 0.412. The zero-order chi connectivity index (χ0) is 17.7. The van der Waals surface area contributed by atoms with Gasteiger partial charge in [0, 0.05) is 24.5 Å². The summed E-state index contributed by atoms with van der Waals surface area (Å²) in [5.41, 5.74) is -0.137. The summed E-state index contributed by atoms with van der Waals surface area (Å²) < 4.78 is 1.49. The lowest BCUT2D eigenvalue weighted by molar-refractivity contribution is -0.121. The number of carbonyl (C=O) groups excluding carboxylic acids is 1. The Balaban J connectivity index is 2.01.